The van der Waals surface area contributed by atoms with Gasteiger partial charge < -0.3 is 65.1 Å². The van der Waals surface area contributed by atoms with Gasteiger partial charge in [-0.05, 0) is 12.8 Å². The Balaban J connectivity index is 1.79. The van der Waals surface area contributed by atoms with Gasteiger partial charge in [-0.25, -0.2) is 4.79 Å². The summed E-state index contributed by atoms with van der Waals surface area (Å²) in [5, 5.41) is 81.5. The summed E-state index contributed by atoms with van der Waals surface area (Å²) in [6.07, 6.45) is -8.82. The molecule has 0 radical (unpaired) electrons. The standard InChI is InChI=1S/C26H45NO15/c28-12-15-20(35)24(39-13-18(32)33)23(38)26(41-15)42-25-22(37)21(36)19(34)14(40-25)11-27-16(29)9-7-5-3-1-2-4-6-8-10-17(30)31/h14-15,19-26,28,34-38H,1-13H2,(H,27,29)(H,30,31)(H,32,33)/t14-,15+,19-,20+,21-,22+,23-,24+,25-,26+/m1/s1. The molecule has 2 fully saturated rings. The Morgan fingerprint density at radius 2 is 1.19 bits per heavy atom. The first-order valence-corrected chi connectivity index (χ1v) is 14.3. The third-order valence-electron chi connectivity index (χ3n) is 7.20. The number of ether oxygens (including phenoxy) is 4. The molecule has 42 heavy (non-hydrogen) atoms. The van der Waals surface area contributed by atoms with Crippen LogP contribution in [0.25, 0.3) is 0 Å². The fourth-order valence-electron chi connectivity index (χ4n) is 4.79. The van der Waals surface area contributed by atoms with Crippen LogP contribution in [0.1, 0.15) is 64.2 Å². The van der Waals surface area contributed by atoms with E-state index in [-0.39, 0.29) is 25.3 Å². The minimum Gasteiger partial charge on any atom is -0.481 e. The van der Waals surface area contributed by atoms with Crippen molar-refractivity contribution in [3.63, 3.8) is 0 Å². The van der Waals surface area contributed by atoms with Gasteiger partial charge in [0.05, 0.1) is 6.61 Å². The minimum atomic E-state index is -1.82. The summed E-state index contributed by atoms with van der Waals surface area (Å²) in [7, 11) is 0. The van der Waals surface area contributed by atoms with E-state index in [1.165, 1.54) is 0 Å². The van der Waals surface area contributed by atoms with E-state index in [0.717, 1.165) is 38.5 Å². The number of carboxylic acid groups (broad SMARTS) is 2. The Bertz CT molecular complexity index is 832. The van der Waals surface area contributed by atoms with Crippen LogP contribution in [0.2, 0.25) is 0 Å². The zero-order chi connectivity index (χ0) is 31.2. The number of aliphatic carboxylic acids is 2. The highest BCUT2D eigenvalue weighted by atomic mass is 16.8. The first-order chi connectivity index (χ1) is 20.0. The van der Waals surface area contributed by atoms with Gasteiger partial charge in [0.15, 0.2) is 12.6 Å². The van der Waals surface area contributed by atoms with Crippen molar-refractivity contribution >= 4 is 17.8 Å². The molecule has 0 aromatic rings. The van der Waals surface area contributed by atoms with Gasteiger partial charge in [0.25, 0.3) is 0 Å². The van der Waals surface area contributed by atoms with Crippen molar-refractivity contribution < 1.29 is 74.2 Å². The van der Waals surface area contributed by atoms with Crippen LogP contribution in [0.15, 0.2) is 0 Å². The molecule has 1 amide bonds. The summed E-state index contributed by atoms with van der Waals surface area (Å²) in [6, 6.07) is 0. The number of unbranched alkanes of at least 4 members (excludes halogenated alkanes) is 7. The molecule has 16 heteroatoms. The van der Waals surface area contributed by atoms with E-state index >= 15 is 0 Å². The zero-order valence-corrected chi connectivity index (χ0v) is 23.4. The van der Waals surface area contributed by atoms with Gasteiger partial charge >= 0.3 is 11.9 Å². The average Bonchev–Trinajstić information content (AvgIpc) is 2.94. The lowest BCUT2D eigenvalue weighted by atomic mass is 9.97. The second-order valence-electron chi connectivity index (χ2n) is 10.6. The molecule has 2 aliphatic heterocycles. The molecule has 2 heterocycles. The molecule has 2 rings (SSSR count). The number of nitrogens with one attached hydrogen (secondary N) is 1. The van der Waals surface area contributed by atoms with Crippen molar-refractivity contribution in [2.24, 2.45) is 0 Å². The largest absolute Gasteiger partial charge is 0.481 e. The molecule has 0 saturated carbocycles. The normalized spacial score (nSPS) is 33.3. The SMILES string of the molecule is O=C(O)CCCCCCCCCCC(=O)NC[C@H]1O[C@H](O[C@@H]2O[C@@H](CO)[C@H](O)[C@H](OCC(=O)O)[C@H]2O)[C@@H](O)[C@H](O)[C@@H]1O. The van der Waals surface area contributed by atoms with E-state index < -0.39 is 86.6 Å². The summed E-state index contributed by atoms with van der Waals surface area (Å²) in [5.74, 6) is -2.48. The second-order valence-corrected chi connectivity index (χ2v) is 10.6. The summed E-state index contributed by atoms with van der Waals surface area (Å²) in [5.41, 5.74) is 0. The molecule has 0 aromatic carbocycles. The van der Waals surface area contributed by atoms with Crippen LogP contribution < -0.4 is 5.32 Å². The quantitative estimate of drug-likeness (QED) is 0.0703. The van der Waals surface area contributed by atoms with E-state index in [1.54, 1.807) is 0 Å². The summed E-state index contributed by atoms with van der Waals surface area (Å²) < 4.78 is 21.4. The topological polar surface area (TPSA) is 262 Å². The van der Waals surface area contributed by atoms with Crippen LogP contribution in [0, 0.1) is 0 Å². The van der Waals surface area contributed by atoms with Crippen molar-refractivity contribution in [2.45, 2.75) is 126 Å². The number of carbonyl (C=O) groups excluding carboxylic acids is 1. The Kier molecular flexibility index (Phi) is 16.1. The van der Waals surface area contributed by atoms with Crippen molar-refractivity contribution in [3.8, 4) is 0 Å². The lowest BCUT2D eigenvalue weighted by molar-refractivity contribution is -0.376. The zero-order valence-electron chi connectivity index (χ0n) is 23.4. The molecule has 244 valence electrons. The fourth-order valence-corrected chi connectivity index (χ4v) is 4.79. The predicted octanol–water partition coefficient (Wildman–Crippen LogP) is -2.18. The number of hydrogen-bond donors (Lipinski definition) is 9. The van der Waals surface area contributed by atoms with Gasteiger partial charge in [-0.1, -0.05) is 38.5 Å². The Labute approximate surface area is 243 Å². The van der Waals surface area contributed by atoms with Crippen LogP contribution in [0.4, 0.5) is 0 Å². The Hall–Kier alpha value is -1.99. The molecule has 0 aliphatic carbocycles. The third-order valence-corrected chi connectivity index (χ3v) is 7.20. The number of amides is 1. The maximum Gasteiger partial charge on any atom is 0.329 e. The molecule has 0 unspecified atom stereocenters. The highest BCUT2D eigenvalue weighted by Crippen LogP contribution is 2.29. The maximum absolute atomic E-state index is 12.3. The molecule has 0 bridgehead atoms. The van der Waals surface area contributed by atoms with E-state index in [0.29, 0.717) is 12.8 Å². The highest BCUT2D eigenvalue weighted by molar-refractivity contribution is 5.75. The van der Waals surface area contributed by atoms with Crippen LogP contribution in [0.3, 0.4) is 0 Å². The molecule has 16 nitrogen and oxygen atoms in total. The van der Waals surface area contributed by atoms with Gasteiger partial charge in [0.2, 0.25) is 5.91 Å². The second kappa shape index (κ2) is 18.6. The van der Waals surface area contributed by atoms with Gasteiger partial charge in [0, 0.05) is 19.4 Å². The number of aliphatic hydroxyl groups is 6. The number of carboxylic acids is 2. The fraction of sp³-hybridized carbons (Fsp3) is 0.885. The van der Waals surface area contributed by atoms with Crippen LogP contribution in [0.5, 0.6) is 0 Å². The number of hydrogen-bond acceptors (Lipinski definition) is 13. The lowest BCUT2D eigenvalue weighted by Gasteiger charge is -2.45. The molecule has 0 spiro atoms. The molecular formula is C26H45NO15. The van der Waals surface area contributed by atoms with Crippen LogP contribution in [-0.4, -0.2) is 140 Å². The molecule has 9 N–H and O–H groups in total. The van der Waals surface area contributed by atoms with E-state index in [2.05, 4.69) is 5.32 Å². The monoisotopic (exact) mass is 611 g/mol. The Morgan fingerprint density at radius 3 is 1.76 bits per heavy atom. The van der Waals surface area contributed by atoms with Gasteiger partial charge in [0.1, 0.15) is 55.4 Å². The smallest absolute Gasteiger partial charge is 0.329 e. The van der Waals surface area contributed by atoms with E-state index in [1.807, 2.05) is 0 Å². The highest BCUT2D eigenvalue weighted by Gasteiger charge is 2.50. The molecular weight excluding hydrogens is 566 g/mol. The lowest BCUT2D eigenvalue weighted by Crippen LogP contribution is -2.64. The molecule has 2 saturated heterocycles. The van der Waals surface area contributed by atoms with Gasteiger partial charge in [-0.15, -0.1) is 0 Å². The van der Waals surface area contributed by atoms with Crippen LogP contribution in [-0.2, 0) is 33.3 Å². The molecule has 0 aromatic heterocycles. The first-order valence-electron chi connectivity index (χ1n) is 14.3. The first kappa shape index (κ1) is 36.2. The molecule has 2 aliphatic rings. The number of rotatable bonds is 19. The summed E-state index contributed by atoms with van der Waals surface area (Å²) in [4.78, 5) is 33.6. The van der Waals surface area contributed by atoms with Gasteiger partial charge in [-0.3, -0.25) is 9.59 Å². The summed E-state index contributed by atoms with van der Waals surface area (Å²) >= 11 is 0. The minimum absolute atomic E-state index is 0.186. The van der Waals surface area contributed by atoms with Crippen LogP contribution >= 0.6 is 0 Å². The van der Waals surface area contributed by atoms with E-state index in [4.69, 9.17) is 29.2 Å². The maximum atomic E-state index is 12.3. The van der Waals surface area contributed by atoms with Crippen molar-refractivity contribution in [2.75, 3.05) is 19.8 Å². The average molecular weight is 612 g/mol. The number of carbonyl (C=O) groups is 3. The van der Waals surface area contributed by atoms with E-state index in [9.17, 15) is 45.0 Å². The molecule has 10 atom stereocenters. The van der Waals surface area contributed by atoms with Crippen molar-refractivity contribution in [1.29, 1.82) is 0 Å². The van der Waals surface area contributed by atoms with Crippen molar-refractivity contribution in [1.82, 2.24) is 5.32 Å². The Morgan fingerprint density at radius 1 is 0.643 bits per heavy atom. The summed E-state index contributed by atoms with van der Waals surface area (Å²) in [6.45, 7) is -1.87. The third kappa shape index (κ3) is 11.6. The van der Waals surface area contributed by atoms with Gasteiger partial charge in [-0.2, -0.15) is 0 Å². The number of aliphatic hydroxyl groups excluding tert-OH is 6. The predicted molar refractivity (Wildman–Crippen MR) is 140 cm³/mol. The van der Waals surface area contributed by atoms with Crippen molar-refractivity contribution in [3.05, 3.63) is 0 Å².